The Bertz CT molecular complexity index is 681. The third kappa shape index (κ3) is 2.23. The van der Waals surface area contributed by atoms with E-state index in [1.807, 2.05) is 0 Å². The molecule has 2 rings (SSSR count). The number of hydrogen-bond acceptors (Lipinski definition) is 5. The van der Waals surface area contributed by atoms with E-state index in [0.717, 1.165) is 6.07 Å². The zero-order valence-electron chi connectivity index (χ0n) is 9.69. The summed E-state index contributed by atoms with van der Waals surface area (Å²) in [5.41, 5.74) is 0.0218. The van der Waals surface area contributed by atoms with E-state index in [-0.39, 0.29) is 17.0 Å². The van der Waals surface area contributed by atoms with Crippen LogP contribution in [0.15, 0.2) is 28.8 Å². The van der Waals surface area contributed by atoms with Crippen molar-refractivity contribution < 1.29 is 24.0 Å². The van der Waals surface area contributed by atoms with Crippen LogP contribution < -0.4 is 0 Å². The topological polar surface area (TPSA) is 116 Å². The average molecular weight is 264 g/mol. The normalized spacial score (nSPS) is 10.4. The molecule has 2 aromatic heterocycles. The van der Waals surface area contributed by atoms with Gasteiger partial charge in [0.15, 0.2) is 5.76 Å². The summed E-state index contributed by atoms with van der Waals surface area (Å²) >= 11 is 0. The zero-order valence-corrected chi connectivity index (χ0v) is 9.69. The van der Waals surface area contributed by atoms with Crippen molar-refractivity contribution in [1.82, 2.24) is 4.57 Å². The van der Waals surface area contributed by atoms with E-state index in [2.05, 4.69) is 0 Å². The molecule has 0 aliphatic rings. The number of carboxylic acids is 1. The van der Waals surface area contributed by atoms with Crippen LogP contribution in [-0.2, 0) is 7.05 Å². The highest BCUT2D eigenvalue weighted by Crippen LogP contribution is 2.19. The van der Waals surface area contributed by atoms with Gasteiger partial charge in [-0.05, 0) is 12.1 Å². The Morgan fingerprint density at radius 2 is 2.11 bits per heavy atom. The smallest absolute Gasteiger partial charge is 0.433 e. The molecular formula is C11H8N2O6. The fourth-order valence-electron chi connectivity index (χ4n) is 1.59. The number of hydrogen-bond donors (Lipinski definition) is 1. The molecule has 0 atom stereocenters. The number of carbonyl (C=O) groups excluding carboxylic acids is 1. The molecule has 0 amide bonds. The molecule has 0 aromatic carbocycles. The van der Waals surface area contributed by atoms with Crippen LogP contribution in [0.2, 0.25) is 0 Å². The van der Waals surface area contributed by atoms with Crippen LogP contribution >= 0.6 is 0 Å². The van der Waals surface area contributed by atoms with E-state index in [1.54, 1.807) is 0 Å². The summed E-state index contributed by atoms with van der Waals surface area (Å²) in [5, 5.41) is 19.3. The second kappa shape index (κ2) is 4.41. The number of nitro groups is 1. The van der Waals surface area contributed by atoms with E-state index in [0.29, 0.717) is 0 Å². The summed E-state index contributed by atoms with van der Waals surface area (Å²) in [6.45, 7) is 0. The number of carbonyl (C=O) groups is 2. The Kier molecular flexibility index (Phi) is 2.91. The van der Waals surface area contributed by atoms with E-state index in [1.165, 1.54) is 29.9 Å². The molecule has 2 aromatic rings. The second-order valence-corrected chi connectivity index (χ2v) is 3.75. The van der Waals surface area contributed by atoms with Gasteiger partial charge in [-0.2, -0.15) is 0 Å². The van der Waals surface area contributed by atoms with Gasteiger partial charge in [0.2, 0.25) is 5.78 Å². The molecule has 2 heterocycles. The Morgan fingerprint density at radius 1 is 1.42 bits per heavy atom. The minimum atomic E-state index is -1.17. The standard InChI is InChI=1S/C11H8N2O6/c1-12-5-6(4-7(12)11(15)16)10(14)8-2-3-9(19-8)13(17)18/h2-5H,1H3,(H,15,16). The minimum absolute atomic E-state index is 0.0654. The quantitative estimate of drug-likeness (QED) is 0.507. The van der Waals surface area contributed by atoms with Crippen molar-refractivity contribution in [3.8, 4) is 0 Å². The third-order valence-corrected chi connectivity index (χ3v) is 2.48. The van der Waals surface area contributed by atoms with Crippen molar-refractivity contribution in [3.63, 3.8) is 0 Å². The Hall–Kier alpha value is -2.90. The maximum atomic E-state index is 11.9. The molecule has 1 N–H and O–H groups in total. The van der Waals surface area contributed by atoms with Crippen molar-refractivity contribution >= 4 is 17.6 Å². The lowest BCUT2D eigenvalue weighted by atomic mass is 10.2. The molecule has 0 saturated heterocycles. The molecule has 0 fully saturated rings. The van der Waals surface area contributed by atoms with Crippen LogP contribution in [0, 0.1) is 10.1 Å². The van der Waals surface area contributed by atoms with Gasteiger partial charge in [-0.15, -0.1) is 0 Å². The number of aryl methyl sites for hydroxylation is 1. The Balaban J connectivity index is 2.35. The molecule has 8 heteroatoms. The first-order chi connectivity index (χ1) is 8.90. The van der Waals surface area contributed by atoms with Crippen molar-refractivity contribution in [2.75, 3.05) is 0 Å². The molecular weight excluding hydrogens is 256 g/mol. The van der Waals surface area contributed by atoms with Gasteiger partial charge in [0, 0.05) is 18.8 Å². The number of nitrogens with zero attached hydrogens (tertiary/aromatic N) is 2. The van der Waals surface area contributed by atoms with Crippen LogP contribution in [0.4, 0.5) is 5.88 Å². The van der Waals surface area contributed by atoms with Gasteiger partial charge in [-0.3, -0.25) is 14.9 Å². The summed E-state index contributed by atoms with van der Waals surface area (Å²) < 4.78 is 6.04. The number of ketones is 1. The molecule has 19 heavy (non-hydrogen) atoms. The van der Waals surface area contributed by atoms with Crippen molar-refractivity contribution in [1.29, 1.82) is 0 Å². The lowest BCUT2D eigenvalue weighted by Gasteiger charge is -1.93. The molecule has 0 unspecified atom stereocenters. The van der Waals surface area contributed by atoms with E-state index >= 15 is 0 Å². The molecule has 0 aliphatic carbocycles. The number of aromatic nitrogens is 1. The van der Waals surface area contributed by atoms with E-state index < -0.39 is 22.6 Å². The minimum Gasteiger partial charge on any atom is -0.477 e. The van der Waals surface area contributed by atoms with Gasteiger partial charge in [0.1, 0.15) is 10.6 Å². The van der Waals surface area contributed by atoms with Crippen molar-refractivity contribution in [2.24, 2.45) is 7.05 Å². The highest BCUT2D eigenvalue weighted by molar-refractivity contribution is 6.08. The summed E-state index contributed by atoms with van der Waals surface area (Å²) in [5.74, 6) is -2.55. The fraction of sp³-hybridized carbons (Fsp3) is 0.0909. The van der Waals surface area contributed by atoms with Gasteiger partial charge >= 0.3 is 11.9 Å². The van der Waals surface area contributed by atoms with Crippen LogP contribution in [0.25, 0.3) is 0 Å². The predicted molar refractivity (Wildman–Crippen MR) is 61.2 cm³/mol. The van der Waals surface area contributed by atoms with E-state index in [4.69, 9.17) is 9.52 Å². The van der Waals surface area contributed by atoms with Gasteiger partial charge in [-0.25, -0.2) is 4.79 Å². The summed E-state index contributed by atoms with van der Waals surface area (Å²) in [6, 6.07) is 3.42. The Morgan fingerprint density at radius 3 is 2.58 bits per heavy atom. The fourth-order valence-corrected chi connectivity index (χ4v) is 1.59. The first-order valence-corrected chi connectivity index (χ1v) is 5.08. The second-order valence-electron chi connectivity index (χ2n) is 3.75. The number of carboxylic acid groups (broad SMARTS) is 1. The van der Waals surface area contributed by atoms with Gasteiger partial charge in [-0.1, -0.05) is 0 Å². The number of rotatable bonds is 4. The largest absolute Gasteiger partial charge is 0.477 e. The first-order valence-electron chi connectivity index (χ1n) is 5.08. The van der Waals surface area contributed by atoms with Gasteiger partial charge in [0.05, 0.1) is 6.07 Å². The van der Waals surface area contributed by atoms with Crippen LogP contribution in [0.3, 0.4) is 0 Å². The number of aromatic carboxylic acids is 1. The summed E-state index contributed by atoms with van der Waals surface area (Å²) in [6.07, 6.45) is 1.32. The summed E-state index contributed by atoms with van der Waals surface area (Å²) in [4.78, 5) is 32.5. The van der Waals surface area contributed by atoms with E-state index in [9.17, 15) is 19.7 Å². The number of furan rings is 1. The van der Waals surface area contributed by atoms with Crippen molar-refractivity contribution in [2.45, 2.75) is 0 Å². The molecule has 0 spiro atoms. The highest BCUT2D eigenvalue weighted by atomic mass is 16.6. The predicted octanol–water partition coefficient (Wildman–Crippen LogP) is 1.46. The van der Waals surface area contributed by atoms with Gasteiger partial charge < -0.3 is 14.1 Å². The molecule has 0 saturated carbocycles. The maximum absolute atomic E-state index is 11.9. The molecule has 0 bridgehead atoms. The molecule has 0 aliphatic heterocycles. The highest BCUT2D eigenvalue weighted by Gasteiger charge is 2.21. The van der Waals surface area contributed by atoms with Crippen molar-refractivity contribution in [3.05, 3.63) is 51.5 Å². The maximum Gasteiger partial charge on any atom is 0.433 e. The third-order valence-electron chi connectivity index (χ3n) is 2.48. The Labute approximate surface area is 106 Å². The lowest BCUT2D eigenvalue weighted by molar-refractivity contribution is -0.402. The molecule has 0 radical (unpaired) electrons. The van der Waals surface area contributed by atoms with Crippen LogP contribution in [-0.4, -0.2) is 26.3 Å². The molecule has 98 valence electrons. The van der Waals surface area contributed by atoms with Gasteiger partial charge in [0.25, 0.3) is 0 Å². The van der Waals surface area contributed by atoms with Crippen LogP contribution in [0.5, 0.6) is 0 Å². The lowest BCUT2D eigenvalue weighted by Crippen LogP contribution is -2.02. The summed E-state index contributed by atoms with van der Waals surface area (Å²) in [7, 11) is 1.48. The monoisotopic (exact) mass is 264 g/mol. The zero-order chi connectivity index (χ0) is 14.2. The average Bonchev–Trinajstić information content (AvgIpc) is 2.94. The SMILES string of the molecule is Cn1cc(C(=O)c2ccc([N+](=O)[O-])o2)cc1C(=O)O. The van der Waals surface area contributed by atoms with Crippen LogP contribution in [0.1, 0.15) is 26.6 Å². The molecule has 8 nitrogen and oxygen atoms in total. The first kappa shape index (κ1) is 12.6.